The molecule has 21 heavy (non-hydrogen) atoms. The van der Waals surface area contributed by atoms with Crippen LogP contribution in [0.15, 0.2) is 21.5 Å². The lowest BCUT2D eigenvalue weighted by Crippen LogP contribution is -2.30. The summed E-state index contributed by atoms with van der Waals surface area (Å²) in [4.78, 5) is 13.3. The third-order valence-electron chi connectivity index (χ3n) is 3.65. The van der Waals surface area contributed by atoms with E-state index in [4.69, 9.17) is 10.7 Å². The molecule has 116 valence electrons. The Bertz CT molecular complexity index is 695. The first-order chi connectivity index (χ1) is 9.61. The predicted molar refractivity (Wildman–Crippen MR) is 81.4 cm³/mol. The molecule has 1 aromatic rings. The molecule has 1 fully saturated rings. The number of hydrogen-bond donors (Lipinski definition) is 0. The van der Waals surface area contributed by atoms with Gasteiger partial charge < -0.3 is 4.90 Å². The van der Waals surface area contributed by atoms with Crippen molar-refractivity contribution in [1.29, 1.82) is 0 Å². The van der Waals surface area contributed by atoms with Gasteiger partial charge in [-0.2, -0.15) is 0 Å². The third kappa shape index (κ3) is 3.76. The average molecular weight is 399 g/mol. The second-order valence-electron chi connectivity index (χ2n) is 5.36. The molecule has 0 saturated heterocycles. The summed E-state index contributed by atoms with van der Waals surface area (Å²) in [6.45, 7) is 2.61. The van der Waals surface area contributed by atoms with Crippen molar-refractivity contribution in [3.63, 3.8) is 0 Å². The van der Waals surface area contributed by atoms with Gasteiger partial charge in [0.2, 0.25) is 0 Å². The van der Waals surface area contributed by atoms with Crippen molar-refractivity contribution in [3.05, 3.63) is 28.0 Å². The van der Waals surface area contributed by atoms with Crippen LogP contribution in [-0.2, 0) is 9.05 Å². The summed E-state index contributed by atoms with van der Waals surface area (Å²) >= 11 is 2.93. The van der Waals surface area contributed by atoms with Crippen molar-refractivity contribution >= 4 is 41.6 Å². The molecule has 1 aliphatic carbocycles. The first-order valence-corrected chi connectivity index (χ1v) is 9.40. The molecule has 1 amide bonds. The smallest absolute Gasteiger partial charge is 0.262 e. The Morgan fingerprint density at radius 2 is 2.10 bits per heavy atom. The number of carbonyl (C=O) groups is 1. The Labute approximate surface area is 135 Å². The summed E-state index contributed by atoms with van der Waals surface area (Å²) in [6, 6.07) is 1.91. The Hall–Kier alpha value is -0.660. The van der Waals surface area contributed by atoms with Crippen LogP contribution in [0.4, 0.5) is 4.39 Å². The minimum atomic E-state index is -4.06. The van der Waals surface area contributed by atoms with Gasteiger partial charge in [-0.3, -0.25) is 4.79 Å². The highest BCUT2D eigenvalue weighted by Crippen LogP contribution is 2.38. The van der Waals surface area contributed by atoms with Crippen molar-refractivity contribution in [1.82, 2.24) is 4.90 Å². The molecule has 0 aliphatic heterocycles. The van der Waals surface area contributed by atoms with Crippen LogP contribution in [0.2, 0.25) is 0 Å². The third-order valence-corrected chi connectivity index (χ3v) is 5.93. The normalized spacial score (nSPS) is 21.2. The van der Waals surface area contributed by atoms with E-state index in [1.165, 1.54) is 4.90 Å². The lowest BCUT2D eigenvalue weighted by Gasteiger charge is -2.18. The highest BCUT2D eigenvalue weighted by atomic mass is 79.9. The summed E-state index contributed by atoms with van der Waals surface area (Å²) in [6.07, 6.45) is 1.04. The van der Waals surface area contributed by atoms with Crippen molar-refractivity contribution in [3.8, 4) is 0 Å². The van der Waals surface area contributed by atoms with Crippen LogP contribution >= 0.6 is 26.6 Å². The largest absolute Gasteiger partial charge is 0.341 e. The first kappa shape index (κ1) is 16.7. The van der Waals surface area contributed by atoms with Crippen molar-refractivity contribution < 1.29 is 17.6 Å². The van der Waals surface area contributed by atoms with Gasteiger partial charge in [-0.05, 0) is 46.3 Å². The van der Waals surface area contributed by atoms with Crippen LogP contribution in [0.1, 0.15) is 23.7 Å². The quantitative estimate of drug-likeness (QED) is 0.732. The molecule has 0 radical (unpaired) electrons. The number of carbonyl (C=O) groups excluding carboxylic acids is 1. The molecule has 0 N–H and O–H groups in total. The lowest BCUT2D eigenvalue weighted by atomic mass is 10.2. The second kappa shape index (κ2) is 5.85. The standard InChI is InChI=1S/C13H14BrClFNO3S/c1-7-3-8(7)6-17(2)13(18)9-4-12(21(15,19)20)10(14)5-11(9)16/h4-5,7-8H,3,6H2,1-2H3. The van der Waals surface area contributed by atoms with E-state index in [2.05, 4.69) is 22.9 Å². The SMILES string of the molecule is CC1CC1CN(C)C(=O)c1cc(S(=O)(=O)Cl)c(Br)cc1F. The lowest BCUT2D eigenvalue weighted by molar-refractivity contribution is 0.0782. The van der Waals surface area contributed by atoms with Gasteiger partial charge in [0.1, 0.15) is 5.82 Å². The minimum Gasteiger partial charge on any atom is -0.341 e. The van der Waals surface area contributed by atoms with E-state index in [-0.39, 0.29) is 14.9 Å². The van der Waals surface area contributed by atoms with Crippen LogP contribution in [0, 0.1) is 17.7 Å². The molecule has 0 heterocycles. The molecule has 0 spiro atoms. The van der Waals surface area contributed by atoms with Crippen LogP contribution < -0.4 is 0 Å². The molecule has 2 atom stereocenters. The summed E-state index contributed by atoms with van der Waals surface area (Å²) in [5, 5.41) is 0. The fourth-order valence-corrected chi connectivity index (χ4v) is 4.34. The topological polar surface area (TPSA) is 54.5 Å². The van der Waals surface area contributed by atoms with Gasteiger partial charge in [0, 0.05) is 28.7 Å². The first-order valence-electron chi connectivity index (χ1n) is 6.30. The maximum Gasteiger partial charge on any atom is 0.262 e. The fourth-order valence-electron chi connectivity index (χ4n) is 2.17. The molecule has 2 rings (SSSR count). The summed E-state index contributed by atoms with van der Waals surface area (Å²) < 4.78 is 36.8. The molecule has 4 nitrogen and oxygen atoms in total. The van der Waals surface area contributed by atoms with E-state index in [0.29, 0.717) is 18.4 Å². The number of nitrogens with zero attached hydrogens (tertiary/aromatic N) is 1. The molecular weight excluding hydrogens is 385 g/mol. The summed E-state index contributed by atoms with van der Waals surface area (Å²) in [5.74, 6) is -0.352. The van der Waals surface area contributed by atoms with Gasteiger partial charge in [0.15, 0.2) is 0 Å². The zero-order valence-corrected chi connectivity index (χ0v) is 14.6. The number of rotatable bonds is 4. The molecule has 1 aromatic carbocycles. The molecule has 2 unspecified atom stereocenters. The van der Waals surface area contributed by atoms with E-state index in [1.807, 2.05) is 0 Å². The zero-order valence-electron chi connectivity index (χ0n) is 11.4. The predicted octanol–water partition coefficient (Wildman–Crippen LogP) is 3.24. The van der Waals surface area contributed by atoms with Crippen LogP contribution in [0.3, 0.4) is 0 Å². The molecule has 0 bridgehead atoms. The Morgan fingerprint density at radius 3 is 2.57 bits per heavy atom. The maximum atomic E-state index is 13.9. The number of amides is 1. The van der Waals surface area contributed by atoms with E-state index in [1.54, 1.807) is 7.05 Å². The van der Waals surface area contributed by atoms with Gasteiger partial charge in [-0.15, -0.1) is 0 Å². The Balaban J connectivity index is 2.32. The van der Waals surface area contributed by atoms with E-state index in [9.17, 15) is 17.6 Å². The van der Waals surface area contributed by atoms with E-state index >= 15 is 0 Å². The van der Waals surface area contributed by atoms with Gasteiger partial charge in [0.05, 0.1) is 10.5 Å². The van der Waals surface area contributed by atoms with Crippen molar-refractivity contribution in [2.24, 2.45) is 11.8 Å². The summed E-state index contributed by atoms with van der Waals surface area (Å²) in [5.41, 5.74) is -0.298. The van der Waals surface area contributed by atoms with Gasteiger partial charge in [-0.25, -0.2) is 12.8 Å². The van der Waals surface area contributed by atoms with Crippen molar-refractivity contribution in [2.45, 2.75) is 18.2 Å². The monoisotopic (exact) mass is 397 g/mol. The highest BCUT2D eigenvalue weighted by Gasteiger charge is 2.35. The van der Waals surface area contributed by atoms with Crippen LogP contribution in [-0.4, -0.2) is 32.8 Å². The number of benzene rings is 1. The minimum absolute atomic E-state index is 0.00924. The van der Waals surface area contributed by atoms with Crippen LogP contribution in [0.5, 0.6) is 0 Å². The molecule has 1 saturated carbocycles. The Kier molecular flexibility index (Phi) is 4.66. The van der Waals surface area contributed by atoms with E-state index in [0.717, 1.165) is 18.6 Å². The fraction of sp³-hybridized carbons (Fsp3) is 0.462. The molecular formula is C13H14BrClFNO3S. The number of halogens is 3. The summed E-state index contributed by atoms with van der Waals surface area (Å²) in [7, 11) is 2.79. The molecule has 8 heteroatoms. The average Bonchev–Trinajstić information content (AvgIpc) is 3.02. The highest BCUT2D eigenvalue weighted by molar-refractivity contribution is 9.10. The molecule has 1 aliphatic rings. The van der Waals surface area contributed by atoms with Gasteiger partial charge in [0.25, 0.3) is 15.0 Å². The second-order valence-corrected chi connectivity index (χ2v) is 8.75. The van der Waals surface area contributed by atoms with Crippen molar-refractivity contribution in [2.75, 3.05) is 13.6 Å². The molecule has 0 aromatic heterocycles. The Morgan fingerprint density at radius 1 is 1.52 bits per heavy atom. The van der Waals surface area contributed by atoms with E-state index < -0.39 is 20.8 Å². The zero-order chi connectivity index (χ0) is 15.9. The van der Waals surface area contributed by atoms with Crippen LogP contribution in [0.25, 0.3) is 0 Å². The number of hydrogen-bond acceptors (Lipinski definition) is 3. The van der Waals surface area contributed by atoms with Gasteiger partial charge in [-0.1, -0.05) is 6.92 Å². The van der Waals surface area contributed by atoms with Gasteiger partial charge >= 0.3 is 0 Å². The maximum absolute atomic E-state index is 13.9.